The molecule has 5 N–H and O–H groups in total. The van der Waals surface area contributed by atoms with Crippen LogP contribution >= 0.6 is 11.6 Å². The van der Waals surface area contributed by atoms with Crippen LogP contribution in [0.5, 0.6) is 0 Å². The number of aliphatic hydroxyl groups is 3. The number of Topliss-reactive ketones (excluding diaryl/α,β-unsaturated/α-hetero) is 1. The van der Waals surface area contributed by atoms with Crippen LogP contribution in [0.3, 0.4) is 0 Å². The van der Waals surface area contributed by atoms with E-state index in [1.165, 1.54) is 12.2 Å². The third-order valence-corrected chi connectivity index (χ3v) is 10.4. The van der Waals surface area contributed by atoms with Crippen molar-refractivity contribution >= 4 is 35.1 Å². The van der Waals surface area contributed by atoms with E-state index >= 15 is 4.39 Å². The monoisotopic (exact) mass is 542 g/mol. The highest BCUT2D eigenvalue weighted by Crippen LogP contribution is 2.72. The summed E-state index contributed by atoms with van der Waals surface area (Å²) in [6.45, 7) is 4.20. The van der Waals surface area contributed by atoms with Crippen LogP contribution in [-0.2, 0) is 19.2 Å². The number of carbonyl (C=O) groups is 4. The molecule has 2 unspecified atom stereocenters. The lowest BCUT2D eigenvalue weighted by Crippen LogP contribution is -2.68. The standard InChI is InChI=1S/C26H32ClFO9/c1-23-9-14(27)16(29)7-13(23)15(28)6-11-12-4-5-26(25(3,37)22(35)36,21(34)17(30)8-19(32)33)24(12,2)10-18(31)20(11)23/h7,9,11-12,15,17-18,20,30-31,37H,4-6,8,10H2,1-3H3,(H,32,33)(H,35,36)/t11-,12-,15+,17?,18-,20-,23-,24-,25?,26-/m0/s1. The first-order chi connectivity index (χ1) is 17.0. The number of ketones is 2. The van der Waals surface area contributed by atoms with Crippen molar-refractivity contribution in [2.75, 3.05) is 0 Å². The van der Waals surface area contributed by atoms with Gasteiger partial charge in [-0.1, -0.05) is 31.5 Å². The van der Waals surface area contributed by atoms with Crippen molar-refractivity contribution in [3.05, 3.63) is 22.8 Å². The molecule has 4 rings (SSSR count). The fourth-order valence-electron chi connectivity index (χ4n) is 8.59. The van der Waals surface area contributed by atoms with Gasteiger partial charge in [0.2, 0.25) is 0 Å². The van der Waals surface area contributed by atoms with Crippen molar-refractivity contribution in [1.29, 1.82) is 0 Å². The summed E-state index contributed by atoms with van der Waals surface area (Å²) in [4.78, 5) is 49.5. The lowest BCUT2D eigenvalue weighted by Gasteiger charge is -2.62. The van der Waals surface area contributed by atoms with E-state index in [9.17, 15) is 39.6 Å². The minimum atomic E-state index is -2.72. The van der Waals surface area contributed by atoms with Gasteiger partial charge in [-0.15, -0.1) is 0 Å². The number of carbonyl (C=O) groups excluding carboxylic acids is 2. The van der Waals surface area contributed by atoms with Crippen LogP contribution in [0.1, 0.15) is 52.9 Å². The second kappa shape index (κ2) is 8.69. The lowest BCUT2D eigenvalue weighted by atomic mass is 9.42. The summed E-state index contributed by atoms with van der Waals surface area (Å²) < 4.78 is 15.6. The van der Waals surface area contributed by atoms with Crippen molar-refractivity contribution < 1.29 is 49.1 Å². The van der Waals surface area contributed by atoms with E-state index in [0.717, 1.165) is 6.92 Å². The maximum Gasteiger partial charge on any atom is 0.336 e. The fourth-order valence-corrected chi connectivity index (χ4v) is 8.87. The Kier molecular flexibility index (Phi) is 6.55. The molecule has 0 spiro atoms. The summed E-state index contributed by atoms with van der Waals surface area (Å²) in [7, 11) is 0. The van der Waals surface area contributed by atoms with Gasteiger partial charge < -0.3 is 25.5 Å². The van der Waals surface area contributed by atoms with Gasteiger partial charge in [0, 0.05) is 11.3 Å². The Bertz CT molecular complexity index is 1130. The highest BCUT2D eigenvalue weighted by molar-refractivity contribution is 6.44. The summed E-state index contributed by atoms with van der Waals surface area (Å²) >= 11 is 6.14. The molecule has 0 amide bonds. The van der Waals surface area contributed by atoms with Gasteiger partial charge >= 0.3 is 11.9 Å². The molecule has 9 nitrogen and oxygen atoms in total. The predicted octanol–water partition coefficient (Wildman–Crippen LogP) is 2.01. The number of hydrogen-bond acceptors (Lipinski definition) is 7. The normalized spacial score (nSPS) is 43.4. The largest absolute Gasteiger partial charge is 0.481 e. The number of aliphatic carboxylic acids is 2. The summed E-state index contributed by atoms with van der Waals surface area (Å²) in [5.74, 6) is -6.62. The molecule has 0 aromatic carbocycles. The molecule has 0 aliphatic heterocycles. The lowest BCUT2D eigenvalue weighted by molar-refractivity contribution is -0.212. The Hall–Kier alpha value is -2.14. The second-order valence-electron chi connectivity index (χ2n) is 11.7. The zero-order valence-corrected chi connectivity index (χ0v) is 21.5. The van der Waals surface area contributed by atoms with E-state index in [0.29, 0.717) is 0 Å². The smallest absolute Gasteiger partial charge is 0.336 e. The van der Waals surface area contributed by atoms with Gasteiger partial charge in [-0.2, -0.15) is 0 Å². The SMILES string of the molecule is CC(O)(C(=O)O)[C@]1(C(=O)C(O)CC(=O)O)CC[C@H]2[C@@H]3C[C@@H](F)C4=CC(=O)C(Cl)=C[C@]4(C)[C@@H]3[C@@H](O)C[C@@]21C. The number of allylic oxidation sites excluding steroid dienone is 4. The highest BCUT2D eigenvalue weighted by Gasteiger charge is 2.75. The maximum atomic E-state index is 15.6. The molecule has 0 aromatic heterocycles. The van der Waals surface area contributed by atoms with E-state index in [1.807, 2.05) is 0 Å². The maximum absolute atomic E-state index is 15.6. The van der Waals surface area contributed by atoms with Crippen LogP contribution in [0.2, 0.25) is 0 Å². The Labute approximate surface area is 218 Å². The predicted molar refractivity (Wildman–Crippen MR) is 127 cm³/mol. The molecule has 3 fully saturated rings. The number of carboxylic acid groups (broad SMARTS) is 2. The molecule has 3 saturated carbocycles. The summed E-state index contributed by atoms with van der Waals surface area (Å²) in [5, 5.41) is 52.5. The zero-order valence-electron chi connectivity index (χ0n) is 20.8. The van der Waals surface area contributed by atoms with E-state index in [1.54, 1.807) is 13.8 Å². The Morgan fingerprint density at radius 3 is 2.46 bits per heavy atom. The number of fused-ring (bicyclic) bond motifs is 5. The Morgan fingerprint density at radius 1 is 1.27 bits per heavy atom. The van der Waals surface area contributed by atoms with Gasteiger partial charge in [0.05, 0.1) is 23.0 Å². The Morgan fingerprint density at radius 2 is 1.89 bits per heavy atom. The van der Waals surface area contributed by atoms with Crippen molar-refractivity contribution in [2.24, 2.45) is 34.0 Å². The molecule has 4 aliphatic carbocycles. The number of hydrogen-bond donors (Lipinski definition) is 5. The van der Waals surface area contributed by atoms with E-state index in [2.05, 4.69) is 0 Å². The van der Waals surface area contributed by atoms with Crippen LogP contribution in [0.4, 0.5) is 4.39 Å². The Balaban J connectivity index is 1.87. The number of aliphatic hydroxyl groups excluding tert-OH is 2. The molecule has 0 saturated heterocycles. The van der Waals surface area contributed by atoms with Crippen molar-refractivity contribution in [3.8, 4) is 0 Å². The number of alkyl halides is 1. The summed E-state index contributed by atoms with van der Waals surface area (Å²) in [6.07, 6.45) is -3.52. The first-order valence-electron chi connectivity index (χ1n) is 12.3. The quantitative estimate of drug-likeness (QED) is 0.337. The van der Waals surface area contributed by atoms with E-state index in [4.69, 9.17) is 16.7 Å². The number of carboxylic acids is 2. The highest BCUT2D eigenvalue weighted by atomic mass is 35.5. The summed E-state index contributed by atoms with van der Waals surface area (Å²) in [6, 6.07) is 0. The number of halogens is 2. The third kappa shape index (κ3) is 3.59. The molecule has 10 atom stereocenters. The molecule has 11 heteroatoms. The van der Waals surface area contributed by atoms with Gasteiger partial charge in [-0.05, 0) is 61.5 Å². The molecular formula is C26H32ClFO9. The molecule has 0 bridgehead atoms. The third-order valence-electron chi connectivity index (χ3n) is 10.1. The molecule has 0 radical (unpaired) electrons. The minimum Gasteiger partial charge on any atom is -0.481 e. The van der Waals surface area contributed by atoms with Gasteiger partial charge in [0.1, 0.15) is 12.3 Å². The zero-order chi connectivity index (χ0) is 27.9. The van der Waals surface area contributed by atoms with E-state index in [-0.39, 0.29) is 36.3 Å². The second-order valence-corrected chi connectivity index (χ2v) is 12.1. The van der Waals surface area contributed by atoms with Crippen LogP contribution in [0.25, 0.3) is 0 Å². The van der Waals surface area contributed by atoms with Crippen LogP contribution in [0, 0.1) is 34.0 Å². The minimum absolute atomic E-state index is 0.0961. The first-order valence-corrected chi connectivity index (χ1v) is 12.7. The molecular weight excluding hydrogens is 511 g/mol. The van der Waals surface area contributed by atoms with Crippen molar-refractivity contribution in [2.45, 2.75) is 76.9 Å². The van der Waals surface area contributed by atoms with Gasteiger partial charge in [0.25, 0.3) is 0 Å². The molecule has 37 heavy (non-hydrogen) atoms. The van der Waals surface area contributed by atoms with Gasteiger partial charge in [0.15, 0.2) is 17.2 Å². The van der Waals surface area contributed by atoms with Crippen molar-refractivity contribution in [1.82, 2.24) is 0 Å². The van der Waals surface area contributed by atoms with Crippen LogP contribution in [0.15, 0.2) is 22.8 Å². The summed E-state index contributed by atoms with van der Waals surface area (Å²) in [5.41, 5.74) is -7.21. The van der Waals surface area contributed by atoms with Crippen LogP contribution < -0.4 is 0 Å². The van der Waals surface area contributed by atoms with E-state index < -0.39 is 87.9 Å². The molecule has 0 aromatic rings. The van der Waals surface area contributed by atoms with Crippen LogP contribution in [-0.4, -0.2) is 73.0 Å². The van der Waals surface area contributed by atoms with Gasteiger partial charge in [-0.25, -0.2) is 9.18 Å². The average Bonchev–Trinajstić information content (AvgIpc) is 3.07. The van der Waals surface area contributed by atoms with Crippen molar-refractivity contribution in [3.63, 3.8) is 0 Å². The molecule has 0 heterocycles. The molecule has 4 aliphatic rings. The topological polar surface area (TPSA) is 169 Å². The average molecular weight is 543 g/mol. The number of rotatable bonds is 6. The molecule has 204 valence electrons. The fraction of sp³-hybridized carbons (Fsp3) is 0.692. The first kappa shape index (κ1) is 27.9. The van der Waals surface area contributed by atoms with Gasteiger partial charge in [-0.3, -0.25) is 14.4 Å².